The third-order valence-corrected chi connectivity index (χ3v) is 10.3. The highest BCUT2D eigenvalue weighted by Crippen LogP contribution is 2.37. The number of rotatable bonds is 22. The predicted molar refractivity (Wildman–Crippen MR) is 220 cm³/mol. The van der Waals surface area contributed by atoms with E-state index in [1.807, 2.05) is 12.1 Å². The predicted octanol–water partition coefficient (Wildman–Crippen LogP) is 9.18. The molecule has 0 radical (unpaired) electrons. The van der Waals surface area contributed by atoms with E-state index in [0.29, 0.717) is 18.7 Å². The van der Waals surface area contributed by atoms with E-state index in [-0.39, 0.29) is 5.91 Å². The normalized spacial score (nSPS) is 13.3. The van der Waals surface area contributed by atoms with Gasteiger partial charge in [0.05, 0.1) is 18.7 Å². The standard InChI is InChI=1S/C45H61N3O3S/c1-34(2)17-15-18-35(3)19-16-20-36(4)30-32-52-33-42(44(50)51-6)48-43(49)41(46)25-13-14-31-47-45(38-21-9-7-10-22-38,39-23-11-8-12-24-39)40-28-26-37(5)27-29-40/h7-12,17,19,21-24,26-30,41-42,47H,13-16,18,20,25,31-33,46H2,1-6H3,(H,48,49)/b35-19+,36-30+/t41-,42-/m0/s1. The van der Waals surface area contributed by atoms with Gasteiger partial charge in [0.25, 0.3) is 0 Å². The van der Waals surface area contributed by atoms with Crippen LogP contribution in [0.2, 0.25) is 0 Å². The number of thioether (sulfide) groups is 1. The lowest BCUT2D eigenvalue weighted by molar-refractivity contribution is -0.144. The fraction of sp³-hybridized carbons (Fsp3) is 0.422. The molecule has 0 heterocycles. The van der Waals surface area contributed by atoms with Crippen molar-refractivity contribution < 1.29 is 14.3 Å². The molecule has 6 nitrogen and oxygen atoms in total. The number of benzene rings is 3. The zero-order valence-electron chi connectivity index (χ0n) is 32.3. The summed E-state index contributed by atoms with van der Waals surface area (Å²) in [6, 6.07) is 28.3. The third-order valence-electron chi connectivity index (χ3n) is 9.33. The van der Waals surface area contributed by atoms with E-state index in [1.54, 1.807) is 11.8 Å². The molecule has 3 rings (SSSR count). The molecule has 280 valence electrons. The molecule has 7 heteroatoms. The Morgan fingerprint density at radius 2 is 1.35 bits per heavy atom. The molecule has 0 spiro atoms. The van der Waals surface area contributed by atoms with Gasteiger partial charge in [-0.15, -0.1) is 0 Å². The molecular weight excluding hydrogens is 663 g/mol. The fourth-order valence-corrected chi connectivity index (χ4v) is 7.19. The molecular formula is C45H61N3O3S. The lowest BCUT2D eigenvalue weighted by atomic mass is 9.76. The number of carbonyl (C=O) groups is 2. The number of aryl methyl sites for hydroxylation is 1. The summed E-state index contributed by atoms with van der Waals surface area (Å²) >= 11 is 1.60. The van der Waals surface area contributed by atoms with Crippen molar-refractivity contribution in [3.05, 3.63) is 142 Å². The van der Waals surface area contributed by atoms with Gasteiger partial charge >= 0.3 is 5.97 Å². The van der Waals surface area contributed by atoms with Gasteiger partial charge in [-0.3, -0.25) is 10.1 Å². The first kappa shape index (κ1) is 42.5. The molecule has 3 aromatic rings. The largest absolute Gasteiger partial charge is 0.467 e. The molecule has 0 aliphatic heterocycles. The smallest absolute Gasteiger partial charge is 0.329 e. The van der Waals surface area contributed by atoms with Gasteiger partial charge in [0.15, 0.2) is 0 Å². The highest BCUT2D eigenvalue weighted by atomic mass is 32.2. The van der Waals surface area contributed by atoms with Gasteiger partial charge in [-0.05, 0) is 96.4 Å². The van der Waals surface area contributed by atoms with Crippen LogP contribution in [0.25, 0.3) is 0 Å². The average Bonchev–Trinajstić information content (AvgIpc) is 3.15. The summed E-state index contributed by atoms with van der Waals surface area (Å²) in [6.45, 7) is 11.4. The van der Waals surface area contributed by atoms with Crippen LogP contribution in [0.5, 0.6) is 0 Å². The summed E-state index contributed by atoms with van der Waals surface area (Å²) in [6.07, 6.45) is 13.1. The van der Waals surface area contributed by atoms with E-state index in [1.165, 1.54) is 29.4 Å². The SMILES string of the molecule is COC(=O)[C@H](CSC/C=C(\C)CC/C=C(\C)CCC=C(C)C)NC(=O)[C@@H](N)CCCCNC(c1ccccc1)(c1ccccc1)c1ccc(C)cc1. The van der Waals surface area contributed by atoms with E-state index in [2.05, 4.69) is 136 Å². The summed E-state index contributed by atoms with van der Waals surface area (Å²) in [7, 11) is 1.35. The molecule has 0 saturated heterocycles. The maximum atomic E-state index is 13.1. The molecule has 2 atom stereocenters. The number of allylic oxidation sites excluding steroid dienone is 5. The highest BCUT2D eigenvalue weighted by molar-refractivity contribution is 7.99. The molecule has 52 heavy (non-hydrogen) atoms. The maximum Gasteiger partial charge on any atom is 0.329 e. The first-order valence-corrected chi connectivity index (χ1v) is 19.8. The molecule has 0 fully saturated rings. The molecule has 0 saturated carbocycles. The van der Waals surface area contributed by atoms with Crippen LogP contribution in [0.15, 0.2) is 120 Å². The van der Waals surface area contributed by atoms with Crippen LogP contribution < -0.4 is 16.4 Å². The average molecular weight is 724 g/mol. The lowest BCUT2D eigenvalue weighted by Gasteiger charge is -2.37. The Morgan fingerprint density at radius 1 is 0.788 bits per heavy atom. The van der Waals surface area contributed by atoms with E-state index < -0.39 is 23.6 Å². The summed E-state index contributed by atoms with van der Waals surface area (Å²) in [4.78, 5) is 25.7. The van der Waals surface area contributed by atoms with Crippen LogP contribution in [0.1, 0.15) is 94.9 Å². The monoisotopic (exact) mass is 723 g/mol. The number of hydrogen-bond donors (Lipinski definition) is 3. The van der Waals surface area contributed by atoms with Crippen LogP contribution in [-0.4, -0.2) is 49.1 Å². The number of ether oxygens (including phenoxy) is 1. The number of nitrogens with one attached hydrogen (secondary N) is 2. The van der Waals surface area contributed by atoms with Crippen molar-refractivity contribution in [3.63, 3.8) is 0 Å². The van der Waals surface area contributed by atoms with E-state index >= 15 is 0 Å². The number of carbonyl (C=O) groups excluding carboxylic acids is 2. The second kappa shape index (κ2) is 22.9. The molecule has 4 N–H and O–H groups in total. The van der Waals surface area contributed by atoms with Gasteiger partial charge in [-0.2, -0.15) is 11.8 Å². The van der Waals surface area contributed by atoms with Gasteiger partial charge in [0, 0.05) is 11.5 Å². The second-order valence-corrected chi connectivity index (χ2v) is 15.0. The zero-order valence-corrected chi connectivity index (χ0v) is 33.1. The third kappa shape index (κ3) is 13.9. The van der Waals surface area contributed by atoms with Crippen LogP contribution in [0, 0.1) is 6.92 Å². The quantitative estimate of drug-likeness (QED) is 0.0415. The maximum absolute atomic E-state index is 13.1. The van der Waals surface area contributed by atoms with Crippen molar-refractivity contribution >= 4 is 23.6 Å². The van der Waals surface area contributed by atoms with E-state index in [9.17, 15) is 9.59 Å². The van der Waals surface area contributed by atoms with Gasteiger partial charge in [0.1, 0.15) is 6.04 Å². The summed E-state index contributed by atoms with van der Waals surface area (Å²) in [5.41, 5.74) is 14.6. The molecule has 0 bridgehead atoms. The Bertz CT molecular complexity index is 1560. The number of unbranched alkanes of at least 4 members (excludes halogenated alkanes) is 1. The first-order valence-electron chi connectivity index (χ1n) is 18.7. The van der Waals surface area contributed by atoms with Crippen molar-refractivity contribution in [2.75, 3.05) is 25.2 Å². The second-order valence-electron chi connectivity index (χ2n) is 14.0. The van der Waals surface area contributed by atoms with Crippen LogP contribution in [0.4, 0.5) is 0 Å². The van der Waals surface area contributed by atoms with Crippen molar-refractivity contribution in [2.24, 2.45) is 5.73 Å². The minimum absolute atomic E-state index is 0.329. The van der Waals surface area contributed by atoms with Gasteiger partial charge in [-0.25, -0.2) is 4.79 Å². The van der Waals surface area contributed by atoms with Crippen molar-refractivity contribution in [1.29, 1.82) is 0 Å². The van der Waals surface area contributed by atoms with Crippen molar-refractivity contribution in [2.45, 2.75) is 97.2 Å². The number of esters is 1. The van der Waals surface area contributed by atoms with Gasteiger partial charge in [0.2, 0.25) is 5.91 Å². The first-order chi connectivity index (χ1) is 25.1. The van der Waals surface area contributed by atoms with Crippen LogP contribution >= 0.6 is 11.8 Å². The van der Waals surface area contributed by atoms with E-state index in [0.717, 1.165) is 61.0 Å². The van der Waals surface area contributed by atoms with Crippen LogP contribution in [-0.2, 0) is 19.9 Å². The molecule has 0 aliphatic rings. The Hall–Kier alpha value is -3.91. The number of hydrogen-bond acceptors (Lipinski definition) is 6. The zero-order chi connectivity index (χ0) is 37.8. The Morgan fingerprint density at radius 3 is 1.92 bits per heavy atom. The summed E-state index contributed by atoms with van der Waals surface area (Å²) in [5, 5.41) is 6.76. The number of methoxy groups -OCH3 is 1. The minimum atomic E-state index is -0.748. The van der Waals surface area contributed by atoms with Crippen molar-refractivity contribution in [1.82, 2.24) is 10.6 Å². The Labute approximate surface area is 317 Å². The van der Waals surface area contributed by atoms with Crippen LogP contribution in [0.3, 0.4) is 0 Å². The molecule has 0 unspecified atom stereocenters. The molecule has 3 aromatic carbocycles. The van der Waals surface area contributed by atoms with Gasteiger partial charge < -0.3 is 15.8 Å². The molecule has 0 aliphatic carbocycles. The molecule has 0 aromatic heterocycles. The lowest BCUT2D eigenvalue weighted by Crippen LogP contribution is -2.50. The topological polar surface area (TPSA) is 93.5 Å². The Balaban J connectivity index is 1.51. The highest BCUT2D eigenvalue weighted by Gasteiger charge is 2.35. The fourth-order valence-electron chi connectivity index (χ4n) is 6.20. The summed E-state index contributed by atoms with van der Waals surface area (Å²) in [5.74, 6) is 0.390. The number of nitrogens with two attached hydrogens (primary N) is 1. The Kier molecular flexibility index (Phi) is 18.7. The van der Waals surface area contributed by atoms with Gasteiger partial charge in [-0.1, -0.05) is 132 Å². The molecule has 1 amide bonds. The van der Waals surface area contributed by atoms with Crippen molar-refractivity contribution in [3.8, 4) is 0 Å². The minimum Gasteiger partial charge on any atom is -0.467 e. The number of amides is 1. The summed E-state index contributed by atoms with van der Waals surface area (Å²) < 4.78 is 5.01. The van der Waals surface area contributed by atoms with E-state index in [4.69, 9.17) is 10.5 Å².